The fourth-order valence-electron chi connectivity index (χ4n) is 3.80. The van der Waals surface area contributed by atoms with E-state index in [-0.39, 0.29) is 30.2 Å². The van der Waals surface area contributed by atoms with Crippen molar-refractivity contribution in [2.45, 2.75) is 12.8 Å². The van der Waals surface area contributed by atoms with Crippen LogP contribution in [-0.4, -0.2) is 48.4 Å². The van der Waals surface area contributed by atoms with Crippen LogP contribution in [0.4, 0.5) is 5.13 Å². The van der Waals surface area contributed by atoms with Crippen molar-refractivity contribution in [2.24, 2.45) is 11.8 Å². The average molecular weight is 427 g/mol. The third-order valence-electron chi connectivity index (χ3n) is 5.33. The second-order valence-electron chi connectivity index (χ2n) is 7.07. The lowest BCUT2D eigenvalue weighted by molar-refractivity contribution is -0.142. The summed E-state index contributed by atoms with van der Waals surface area (Å²) in [6.45, 7) is -0.304. The van der Waals surface area contributed by atoms with Gasteiger partial charge in [-0.1, -0.05) is 12.2 Å². The Kier molecular flexibility index (Phi) is 5.54. The van der Waals surface area contributed by atoms with Gasteiger partial charge in [0.1, 0.15) is 18.0 Å². The molecule has 3 amide bonds. The van der Waals surface area contributed by atoms with Gasteiger partial charge in [-0.25, -0.2) is 4.98 Å². The molecule has 2 aromatic rings. The molecule has 1 fully saturated rings. The molecule has 1 N–H and O–H groups in total. The molecular formula is C21H21N3O5S. The molecule has 1 aliphatic carbocycles. The van der Waals surface area contributed by atoms with Gasteiger partial charge in [0.25, 0.3) is 0 Å². The fraction of sp³-hybridized carbons (Fsp3) is 0.333. The number of nitrogens with zero attached hydrogens (tertiary/aromatic N) is 2. The second-order valence-corrected chi connectivity index (χ2v) is 7.93. The Labute approximate surface area is 177 Å². The van der Waals surface area contributed by atoms with Gasteiger partial charge in [-0.2, -0.15) is 0 Å². The highest BCUT2D eigenvalue weighted by atomic mass is 32.1. The van der Waals surface area contributed by atoms with Crippen molar-refractivity contribution in [2.75, 3.05) is 26.1 Å². The zero-order valence-corrected chi connectivity index (χ0v) is 17.4. The van der Waals surface area contributed by atoms with Crippen LogP contribution >= 0.6 is 11.3 Å². The van der Waals surface area contributed by atoms with E-state index in [0.717, 1.165) is 10.5 Å². The zero-order chi connectivity index (χ0) is 21.3. The molecule has 0 unspecified atom stereocenters. The van der Waals surface area contributed by atoms with Crippen molar-refractivity contribution < 1.29 is 23.9 Å². The number of amides is 3. The van der Waals surface area contributed by atoms with Crippen LogP contribution < -0.4 is 14.8 Å². The second kappa shape index (κ2) is 8.27. The number of hydrogen-bond donors (Lipinski definition) is 1. The largest absolute Gasteiger partial charge is 0.497 e. The molecule has 1 aliphatic heterocycles. The van der Waals surface area contributed by atoms with Crippen molar-refractivity contribution in [1.82, 2.24) is 9.88 Å². The van der Waals surface area contributed by atoms with Crippen LogP contribution in [0.5, 0.6) is 11.5 Å². The highest BCUT2D eigenvalue weighted by molar-refractivity contribution is 7.14. The number of methoxy groups -OCH3 is 2. The number of rotatable bonds is 6. The van der Waals surface area contributed by atoms with E-state index in [1.54, 1.807) is 37.8 Å². The van der Waals surface area contributed by atoms with Crippen LogP contribution in [0.1, 0.15) is 12.8 Å². The summed E-state index contributed by atoms with van der Waals surface area (Å²) < 4.78 is 10.6. The minimum absolute atomic E-state index is 0.273. The predicted molar refractivity (Wildman–Crippen MR) is 111 cm³/mol. The number of thiazole rings is 1. The number of ether oxygens (including phenoxy) is 2. The maximum absolute atomic E-state index is 12.5. The molecular weight excluding hydrogens is 406 g/mol. The summed E-state index contributed by atoms with van der Waals surface area (Å²) in [6.07, 6.45) is 4.93. The number of carbonyl (C=O) groups excluding carboxylic acids is 3. The predicted octanol–water partition coefficient (Wildman–Crippen LogP) is 2.72. The average Bonchev–Trinajstić information content (AvgIpc) is 3.32. The van der Waals surface area contributed by atoms with E-state index in [1.165, 1.54) is 11.3 Å². The summed E-state index contributed by atoms with van der Waals surface area (Å²) in [5.74, 6) is -0.405. The van der Waals surface area contributed by atoms with Gasteiger partial charge in [0.2, 0.25) is 17.7 Å². The molecule has 2 atom stereocenters. The number of aromatic nitrogens is 1. The highest BCUT2D eigenvalue weighted by Gasteiger charge is 2.47. The van der Waals surface area contributed by atoms with Crippen LogP contribution in [0.15, 0.2) is 35.7 Å². The zero-order valence-electron chi connectivity index (χ0n) is 16.6. The third-order valence-corrected chi connectivity index (χ3v) is 6.09. The van der Waals surface area contributed by atoms with Crippen molar-refractivity contribution in [1.29, 1.82) is 0 Å². The molecule has 4 rings (SSSR count). The van der Waals surface area contributed by atoms with E-state index >= 15 is 0 Å². The molecule has 9 heteroatoms. The number of fused-ring (bicyclic) bond motifs is 1. The van der Waals surface area contributed by atoms with E-state index in [1.807, 2.05) is 12.2 Å². The summed E-state index contributed by atoms with van der Waals surface area (Å²) in [7, 11) is 3.14. The molecule has 1 saturated heterocycles. The molecule has 8 nitrogen and oxygen atoms in total. The fourth-order valence-corrected chi connectivity index (χ4v) is 4.52. The van der Waals surface area contributed by atoms with Crippen molar-refractivity contribution in [3.05, 3.63) is 35.7 Å². The number of nitrogens with one attached hydrogen (secondary N) is 1. The van der Waals surface area contributed by atoms with Gasteiger partial charge in [0.15, 0.2) is 5.13 Å². The lowest BCUT2D eigenvalue weighted by Gasteiger charge is -2.14. The van der Waals surface area contributed by atoms with Crippen molar-refractivity contribution >= 4 is 34.2 Å². The van der Waals surface area contributed by atoms with Crippen molar-refractivity contribution in [3.63, 3.8) is 0 Å². The van der Waals surface area contributed by atoms with Gasteiger partial charge in [-0.3, -0.25) is 19.3 Å². The molecule has 0 saturated carbocycles. The molecule has 2 aliphatic rings. The number of anilines is 1. The first-order chi connectivity index (χ1) is 14.5. The van der Waals surface area contributed by atoms with Gasteiger partial charge in [-0.05, 0) is 31.0 Å². The minimum Gasteiger partial charge on any atom is -0.497 e. The summed E-state index contributed by atoms with van der Waals surface area (Å²) in [4.78, 5) is 43.0. The Morgan fingerprint density at radius 1 is 1.17 bits per heavy atom. The maximum Gasteiger partial charge on any atom is 0.246 e. The molecule has 1 aromatic heterocycles. The topological polar surface area (TPSA) is 97.8 Å². The van der Waals surface area contributed by atoms with Crippen molar-refractivity contribution in [3.8, 4) is 22.8 Å². The lowest BCUT2D eigenvalue weighted by atomic mass is 9.85. The van der Waals surface area contributed by atoms with Gasteiger partial charge in [-0.15, -0.1) is 11.3 Å². The molecule has 0 spiro atoms. The summed E-state index contributed by atoms with van der Waals surface area (Å²) in [5.41, 5.74) is 1.35. The monoisotopic (exact) mass is 427 g/mol. The Morgan fingerprint density at radius 3 is 2.50 bits per heavy atom. The highest BCUT2D eigenvalue weighted by Crippen LogP contribution is 2.36. The van der Waals surface area contributed by atoms with Crippen LogP contribution in [0.3, 0.4) is 0 Å². The van der Waals surface area contributed by atoms with E-state index in [4.69, 9.17) is 9.47 Å². The first-order valence-corrected chi connectivity index (χ1v) is 10.4. The van der Waals surface area contributed by atoms with E-state index in [2.05, 4.69) is 10.3 Å². The number of benzene rings is 1. The van der Waals surface area contributed by atoms with Crippen LogP contribution in [0.25, 0.3) is 11.3 Å². The number of allylic oxidation sites excluding steroid dienone is 2. The Hall–Kier alpha value is -3.20. The van der Waals surface area contributed by atoms with Gasteiger partial charge in [0.05, 0.1) is 31.7 Å². The van der Waals surface area contributed by atoms with Gasteiger partial charge in [0, 0.05) is 10.9 Å². The van der Waals surface area contributed by atoms with E-state index in [0.29, 0.717) is 35.2 Å². The minimum atomic E-state index is -0.457. The van der Waals surface area contributed by atoms with Gasteiger partial charge < -0.3 is 14.8 Å². The Morgan fingerprint density at radius 2 is 1.87 bits per heavy atom. The molecule has 30 heavy (non-hydrogen) atoms. The number of carbonyl (C=O) groups is 3. The SMILES string of the molecule is COc1ccc(OC)c(-c2csc(NC(=O)CN3C(=O)[C@H]4CC=CC[C@H]4C3=O)n2)c1. The Bertz CT molecular complexity index is 1010. The van der Waals surface area contributed by atoms with Crippen LogP contribution in [0.2, 0.25) is 0 Å². The molecule has 1 aromatic carbocycles. The van der Waals surface area contributed by atoms with E-state index in [9.17, 15) is 14.4 Å². The summed E-state index contributed by atoms with van der Waals surface area (Å²) in [5, 5.41) is 4.85. The molecule has 156 valence electrons. The van der Waals surface area contributed by atoms with Gasteiger partial charge >= 0.3 is 0 Å². The smallest absolute Gasteiger partial charge is 0.246 e. The lowest BCUT2D eigenvalue weighted by Crippen LogP contribution is -2.38. The van der Waals surface area contributed by atoms with Crippen LogP contribution in [-0.2, 0) is 14.4 Å². The van der Waals surface area contributed by atoms with E-state index < -0.39 is 5.91 Å². The number of likely N-dealkylation sites (tertiary alicyclic amines) is 1. The molecule has 0 radical (unpaired) electrons. The maximum atomic E-state index is 12.5. The standard InChI is InChI=1S/C21H21N3O5S/c1-28-12-7-8-17(29-2)15(9-12)16-11-30-21(22-16)23-18(25)10-24-19(26)13-5-3-4-6-14(13)20(24)27/h3-4,7-9,11,13-14H,5-6,10H2,1-2H3,(H,22,23,25)/t13-,14+. The van der Waals surface area contributed by atoms with Crippen LogP contribution in [0, 0.1) is 11.8 Å². The number of imide groups is 1. The summed E-state index contributed by atoms with van der Waals surface area (Å²) >= 11 is 1.25. The summed E-state index contributed by atoms with van der Waals surface area (Å²) in [6, 6.07) is 5.37. The normalized spacial score (nSPS) is 20.3. The quantitative estimate of drug-likeness (QED) is 0.562. The molecule has 2 heterocycles. The Balaban J connectivity index is 1.45. The molecule has 0 bridgehead atoms. The number of hydrogen-bond acceptors (Lipinski definition) is 7. The first kappa shape index (κ1) is 20.1. The first-order valence-electron chi connectivity index (χ1n) is 9.49. The third kappa shape index (κ3) is 3.68.